The standard InChI is InChI=1S/C22H26FN3O3/c1-15(2)25-21(27)18-7-3-4-8-20(18)29-14-16-6-5-11-26(13-16)22(28)17-9-10-24-12-19(17)23/h3-4,7-10,12,15-16H,5-6,11,13-14H2,1-2H3,(H,25,27). The first-order valence-electron chi connectivity index (χ1n) is 9.87. The zero-order valence-electron chi connectivity index (χ0n) is 16.7. The molecule has 29 heavy (non-hydrogen) atoms. The fourth-order valence-corrected chi connectivity index (χ4v) is 3.43. The lowest BCUT2D eigenvalue weighted by Crippen LogP contribution is -2.42. The van der Waals surface area contributed by atoms with Gasteiger partial charge in [0.2, 0.25) is 0 Å². The van der Waals surface area contributed by atoms with Crippen LogP contribution in [0.25, 0.3) is 0 Å². The van der Waals surface area contributed by atoms with Gasteiger partial charge in [0.25, 0.3) is 11.8 Å². The summed E-state index contributed by atoms with van der Waals surface area (Å²) >= 11 is 0. The number of nitrogens with zero attached hydrogens (tertiary/aromatic N) is 2. The van der Waals surface area contributed by atoms with Crippen LogP contribution in [0.15, 0.2) is 42.7 Å². The highest BCUT2D eigenvalue weighted by molar-refractivity contribution is 5.97. The average molecular weight is 399 g/mol. The van der Waals surface area contributed by atoms with E-state index < -0.39 is 5.82 Å². The monoisotopic (exact) mass is 399 g/mol. The number of nitrogens with one attached hydrogen (secondary N) is 1. The molecule has 1 aliphatic rings. The molecule has 1 saturated heterocycles. The lowest BCUT2D eigenvalue weighted by molar-refractivity contribution is 0.0628. The number of hydrogen-bond donors (Lipinski definition) is 1. The maximum Gasteiger partial charge on any atom is 0.256 e. The van der Waals surface area contributed by atoms with Gasteiger partial charge in [0.1, 0.15) is 5.75 Å². The van der Waals surface area contributed by atoms with E-state index in [1.807, 2.05) is 19.9 Å². The fourth-order valence-electron chi connectivity index (χ4n) is 3.43. The largest absolute Gasteiger partial charge is 0.492 e. The molecule has 3 rings (SSSR count). The molecule has 1 fully saturated rings. The zero-order valence-corrected chi connectivity index (χ0v) is 16.7. The average Bonchev–Trinajstić information content (AvgIpc) is 2.72. The molecule has 2 heterocycles. The molecule has 6 nitrogen and oxygen atoms in total. The maximum atomic E-state index is 13.9. The van der Waals surface area contributed by atoms with Gasteiger partial charge < -0.3 is 15.0 Å². The first kappa shape index (κ1) is 20.8. The van der Waals surface area contributed by atoms with Crippen molar-refractivity contribution >= 4 is 11.8 Å². The van der Waals surface area contributed by atoms with E-state index >= 15 is 0 Å². The summed E-state index contributed by atoms with van der Waals surface area (Å²) in [4.78, 5) is 30.4. The molecule has 2 amide bonds. The second kappa shape index (κ2) is 9.49. The third-order valence-electron chi connectivity index (χ3n) is 4.84. The predicted molar refractivity (Wildman–Crippen MR) is 107 cm³/mol. The highest BCUT2D eigenvalue weighted by Gasteiger charge is 2.27. The third kappa shape index (κ3) is 5.31. The lowest BCUT2D eigenvalue weighted by atomic mass is 9.98. The highest BCUT2D eigenvalue weighted by Crippen LogP contribution is 2.23. The van der Waals surface area contributed by atoms with Gasteiger partial charge >= 0.3 is 0 Å². The first-order valence-corrected chi connectivity index (χ1v) is 9.87. The summed E-state index contributed by atoms with van der Waals surface area (Å²) in [6.07, 6.45) is 4.20. The molecule has 0 spiro atoms. The first-order chi connectivity index (χ1) is 14.0. The quantitative estimate of drug-likeness (QED) is 0.809. The van der Waals surface area contributed by atoms with Gasteiger partial charge in [0.05, 0.1) is 23.9 Å². The van der Waals surface area contributed by atoms with Crippen LogP contribution in [0.2, 0.25) is 0 Å². The third-order valence-corrected chi connectivity index (χ3v) is 4.84. The number of aromatic nitrogens is 1. The Morgan fingerprint density at radius 2 is 2.07 bits per heavy atom. The van der Waals surface area contributed by atoms with E-state index in [2.05, 4.69) is 10.3 Å². The van der Waals surface area contributed by atoms with Crippen molar-refractivity contribution in [2.45, 2.75) is 32.7 Å². The Hall–Kier alpha value is -2.96. The van der Waals surface area contributed by atoms with Crippen molar-refractivity contribution in [2.75, 3.05) is 19.7 Å². The number of likely N-dealkylation sites (tertiary alicyclic amines) is 1. The molecule has 0 radical (unpaired) electrons. The molecule has 1 aliphatic heterocycles. The van der Waals surface area contributed by atoms with E-state index in [1.54, 1.807) is 23.1 Å². The molecular weight excluding hydrogens is 373 g/mol. The second-order valence-corrected chi connectivity index (χ2v) is 7.55. The van der Waals surface area contributed by atoms with Crippen LogP contribution in [-0.4, -0.2) is 47.4 Å². The number of pyridine rings is 1. The number of para-hydroxylation sites is 1. The summed E-state index contributed by atoms with van der Waals surface area (Å²) in [5.74, 6) is -0.482. The molecular formula is C22H26FN3O3. The Bertz CT molecular complexity index is 872. The molecule has 0 bridgehead atoms. The van der Waals surface area contributed by atoms with Crippen LogP contribution in [0, 0.1) is 11.7 Å². The van der Waals surface area contributed by atoms with Gasteiger partial charge in [0.15, 0.2) is 5.82 Å². The summed E-state index contributed by atoms with van der Waals surface area (Å²) in [5.41, 5.74) is 0.529. The zero-order chi connectivity index (χ0) is 20.8. The Morgan fingerprint density at radius 1 is 1.28 bits per heavy atom. The van der Waals surface area contributed by atoms with E-state index in [1.165, 1.54) is 12.3 Å². The van der Waals surface area contributed by atoms with Gasteiger partial charge in [-0.2, -0.15) is 0 Å². The van der Waals surface area contributed by atoms with Crippen LogP contribution in [0.4, 0.5) is 4.39 Å². The summed E-state index contributed by atoms with van der Waals surface area (Å²) in [6, 6.07) is 8.56. The molecule has 1 unspecified atom stereocenters. The smallest absolute Gasteiger partial charge is 0.256 e. The minimum Gasteiger partial charge on any atom is -0.492 e. The second-order valence-electron chi connectivity index (χ2n) is 7.55. The van der Waals surface area contributed by atoms with Crippen LogP contribution in [-0.2, 0) is 0 Å². The number of carbonyl (C=O) groups excluding carboxylic acids is 2. The van der Waals surface area contributed by atoms with Crippen molar-refractivity contribution in [3.8, 4) is 5.75 Å². The summed E-state index contributed by atoms with van der Waals surface area (Å²) in [7, 11) is 0. The Labute approximate surface area is 170 Å². The summed E-state index contributed by atoms with van der Waals surface area (Å²) in [6.45, 7) is 5.27. The Balaban J connectivity index is 1.63. The number of carbonyl (C=O) groups is 2. The van der Waals surface area contributed by atoms with Gasteiger partial charge in [-0.05, 0) is 44.9 Å². The Kier molecular flexibility index (Phi) is 6.80. The van der Waals surface area contributed by atoms with Crippen molar-refractivity contribution in [3.63, 3.8) is 0 Å². The molecule has 2 aromatic rings. The number of rotatable bonds is 6. The van der Waals surface area contributed by atoms with Crippen LogP contribution >= 0.6 is 0 Å². The van der Waals surface area contributed by atoms with Crippen LogP contribution in [0.5, 0.6) is 5.75 Å². The van der Waals surface area contributed by atoms with Crippen molar-refractivity contribution < 1.29 is 18.7 Å². The number of hydrogen-bond acceptors (Lipinski definition) is 4. The van der Waals surface area contributed by atoms with Gasteiger partial charge in [-0.15, -0.1) is 0 Å². The summed E-state index contributed by atoms with van der Waals surface area (Å²) < 4.78 is 19.9. The summed E-state index contributed by atoms with van der Waals surface area (Å²) in [5, 5.41) is 2.87. The normalized spacial score (nSPS) is 16.6. The Morgan fingerprint density at radius 3 is 2.83 bits per heavy atom. The molecule has 1 atom stereocenters. The molecule has 7 heteroatoms. The van der Waals surface area contributed by atoms with Crippen molar-refractivity contribution in [2.24, 2.45) is 5.92 Å². The van der Waals surface area contributed by atoms with Gasteiger partial charge in [-0.25, -0.2) is 4.39 Å². The number of piperidine rings is 1. The molecule has 1 aromatic carbocycles. The van der Waals surface area contributed by atoms with E-state index in [4.69, 9.17) is 4.74 Å². The van der Waals surface area contributed by atoms with E-state index in [-0.39, 0.29) is 29.3 Å². The van der Waals surface area contributed by atoms with Crippen molar-refractivity contribution in [1.29, 1.82) is 0 Å². The minimum absolute atomic E-state index is 0.0297. The number of ether oxygens (including phenoxy) is 1. The van der Waals surface area contributed by atoms with E-state index in [0.29, 0.717) is 31.0 Å². The van der Waals surface area contributed by atoms with Gasteiger partial charge in [-0.1, -0.05) is 12.1 Å². The van der Waals surface area contributed by atoms with Crippen LogP contribution in [0.3, 0.4) is 0 Å². The molecule has 0 saturated carbocycles. The predicted octanol–water partition coefficient (Wildman–Crippen LogP) is 3.29. The number of halogens is 1. The number of benzene rings is 1. The van der Waals surface area contributed by atoms with Crippen LogP contribution < -0.4 is 10.1 Å². The highest BCUT2D eigenvalue weighted by atomic mass is 19.1. The van der Waals surface area contributed by atoms with Gasteiger partial charge in [0, 0.05) is 31.2 Å². The van der Waals surface area contributed by atoms with Crippen LogP contribution in [0.1, 0.15) is 47.4 Å². The fraction of sp³-hybridized carbons (Fsp3) is 0.409. The van der Waals surface area contributed by atoms with Crippen molar-refractivity contribution in [3.05, 3.63) is 59.7 Å². The molecule has 154 valence electrons. The SMILES string of the molecule is CC(C)NC(=O)c1ccccc1OCC1CCCN(C(=O)c2ccncc2F)C1. The molecule has 0 aliphatic carbocycles. The topological polar surface area (TPSA) is 71.5 Å². The number of amides is 2. The van der Waals surface area contributed by atoms with E-state index in [9.17, 15) is 14.0 Å². The lowest BCUT2D eigenvalue weighted by Gasteiger charge is -2.33. The van der Waals surface area contributed by atoms with E-state index in [0.717, 1.165) is 19.0 Å². The molecule has 1 aromatic heterocycles. The minimum atomic E-state index is -0.610. The van der Waals surface area contributed by atoms with Crippen molar-refractivity contribution in [1.82, 2.24) is 15.2 Å². The maximum absolute atomic E-state index is 13.9. The molecule has 1 N–H and O–H groups in total. The van der Waals surface area contributed by atoms with Gasteiger partial charge in [-0.3, -0.25) is 14.6 Å².